The van der Waals surface area contributed by atoms with E-state index >= 15 is 0 Å². The number of hydrogen-bond acceptors (Lipinski definition) is 7. The predicted molar refractivity (Wildman–Crippen MR) is 75.5 cm³/mol. The van der Waals surface area contributed by atoms with E-state index in [1.165, 1.54) is 6.33 Å². The Morgan fingerprint density at radius 1 is 1.35 bits per heavy atom. The lowest BCUT2D eigenvalue weighted by Gasteiger charge is -2.13. The number of ether oxygens (including phenoxy) is 1. The van der Waals surface area contributed by atoms with Crippen molar-refractivity contribution in [1.82, 2.24) is 15.1 Å². The third-order valence-corrected chi connectivity index (χ3v) is 2.81. The summed E-state index contributed by atoms with van der Waals surface area (Å²) >= 11 is 0. The fourth-order valence-electron chi connectivity index (χ4n) is 1.76. The van der Waals surface area contributed by atoms with Crippen LogP contribution in [0.1, 0.15) is 30.9 Å². The van der Waals surface area contributed by atoms with Gasteiger partial charge < -0.3 is 20.3 Å². The quantitative estimate of drug-likeness (QED) is 0.862. The van der Waals surface area contributed by atoms with Gasteiger partial charge in [0.15, 0.2) is 5.82 Å². The molecule has 2 aromatic rings. The largest absolute Gasteiger partial charge is 0.473 e. The third-order valence-electron chi connectivity index (χ3n) is 2.81. The zero-order valence-electron chi connectivity index (χ0n) is 12.1. The van der Waals surface area contributed by atoms with Crippen LogP contribution in [-0.4, -0.2) is 21.2 Å². The summed E-state index contributed by atoms with van der Waals surface area (Å²) in [7, 11) is 0. The summed E-state index contributed by atoms with van der Waals surface area (Å²) < 4.78 is 10.6. The Balaban J connectivity index is 2.14. The van der Waals surface area contributed by atoms with Crippen molar-refractivity contribution in [3.05, 3.63) is 23.3 Å². The molecule has 0 aliphatic heterocycles. The van der Waals surface area contributed by atoms with Crippen molar-refractivity contribution < 1.29 is 9.26 Å². The van der Waals surface area contributed by atoms with Crippen LogP contribution in [0.2, 0.25) is 0 Å². The van der Waals surface area contributed by atoms with Crippen LogP contribution >= 0.6 is 0 Å². The molecule has 0 aromatic carbocycles. The number of anilines is 2. The lowest BCUT2D eigenvalue weighted by Crippen LogP contribution is -2.12. The van der Waals surface area contributed by atoms with Gasteiger partial charge in [-0.3, -0.25) is 0 Å². The van der Waals surface area contributed by atoms with E-state index in [-0.39, 0.29) is 6.10 Å². The zero-order valence-corrected chi connectivity index (χ0v) is 12.1. The topological polar surface area (TPSA) is 99.1 Å². The molecule has 0 saturated carbocycles. The van der Waals surface area contributed by atoms with E-state index in [1.54, 1.807) is 0 Å². The van der Waals surface area contributed by atoms with Crippen LogP contribution in [0, 0.1) is 13.8 Å². The minimum atomic E-state index is 0.00242. The fourth-order valence-corrected chi connectivity index (χ4v) is 1.76. The summed E-state index contributed by atoms with van der Waals surface area (Å²) in [6, 6.07) is 0. The first kappa shape index (κ1) is 14.1. The Kier molecular flexibility index (Phi) is 4.07. The van der Waals surface area contributed by atoms with Gasteiger partial charge in [0.2, 0.25) is 5.88 Å². The molecule has 2 rings (SSSR count). The van der Waals surface area contributed by atoms with Gasteiger partial charge in [0.1, 0.15) is 17.8 Å². The summed E-state index contributed by atoms with van der Waals surface area (Å²) in [5.74, 6) is 1.70. The Morgan fingerprint density at radius 3 is 2.70 bits per heavy atom. The highest BCUT2D eigenvalue weighted by molar-refractivity contribution is 5.66. The Morgan fingerprint density at radius 2 is 2.10 bits per heavy atom. The standard InChI is InChI=1S/C13H19N5O2/c1-7(2)19-13-11(14)12(16-6-17-13)15-5-10-8(3)18-20-9(10)4/h6-7H,5,14H2,1-4H3,(H,15,16,17). The molecule has 0 radical (unpaired) electrons. The number of nitrogen functional groups attached to an aromatic ring is 1. The van der Waals surface area contributed by atoms with Gasteiger partial charge in [0.25, 0.3) is 0 Å². The molecular weight excluding hydrogens is 258 g/mol. The molecule has 20 heavy (non-hydrogen) atoms. The highest BCUT2D eigenvalue weighted by Crippen LogP contribution is 2.26. The third kappa shape index (κ3) is 2.98. The second-order valence-corrected chi connectivity index (χ2v) is 4.76. The molecule has 0 aliphatic carbocycles. The van der Waals surface area contributed by atoms with E-state index < -0.39 is 0 Å². The minimum absolute atomic E-state index is 0.00242. The zero-order chi connectivity index (χ0) is 14.7. The molecule has 2 aromatic heterocycles. The van der Waals surface area contributed by atoms with Crippen LogP contribution in [0.5, 0.6) is 5.88 Å². The highest BCUT2D eigenvalue weighted by Gasteiger charge is 2.13. The van der Waals surface area contributed by atoms with E-state index in [9.17, 15) is 0 Å². The van der Waals surface area contributed by atoms with Crippen molar-refractivity contribution in [2.75, 3.05) is 11.1 Å². The lowest BCUT2D eigenvalue weighted by molar-refractivity contribution is 0.234. The van der Waals surface area contributed by atoms with Gasteiger partial charge in [-0.05, 0) is 27.7 Å². The van der Waals surface area contributed by atoms with E-state index in [2.05, 4.69) is 20.4 Å². The number of nitrogens with two attached hydrogens (primary N) is 1. The first-order valence-corrected chi connectivity index (χ1v) is 6.41. The van der Waals surface area contributed by atoms with E-state index in [1.807, 2.05) is 27.7 Å². The molecule has 0 fully saturated rings. The number of nitrogens with one attached hydrogen (secondary N) is 1. The molecule has 0 bridgehead atoms. The monoisotopic (exact) mass is 277 g/mol. The number of rotatable bonds is 5. The molecule has 7 nitrogen and oxygen atoms in total. The Labute approximate surface area is 117 Å². The first-order chi connectivity index (χ1) is 9.49. The first-order valence-electron chi connectivity index (χ1n) is 6.41. The number of aryl methyl sites for hydroxylation is 2. The molecule has 0 unspecified atom stereocenters. The van der Waals surface area contributed by atoms with Crippen LogP contribution in [0.3, 0.4) is 0 Å². The fraction of sp³-hybridized carbons (Fsp3) is 0.462. The Bertz CT molecular complexity index is 575. The Hall–Kier alpha value is -2.31. The molecule has 3 N–H and O–H groups in total. The summed E-state index contributed by atoms with van der Waals surface area (Å²) in [6.45, 7) is 8.12. The molecule has 0 saturated heterocycles. The highest BCUT2D eigenvalue weighted by atomic mass is 16.5. The lowest BCUT2D eigenvalue weighted by atomic mass is 10.2. The molecule has 108 valence electrons. The van der Waals surface area contributed by atoms with Gasteiger partial charge in [0, 0.05) is 12.1 Å². The molecule has 0 aliphatic rings. The average molecular weight is 277 g/mol. The van der Waals surface area contributed by atoms with E-state index in [0.29, 0.717) is 23.9 Å². The minimum Gasteiger partial charge on any atom is -0.473 e. The van der Waals surface area contributed by atoms with Crippen LogP contribution < -0.4 is 15.8 Å². The van der Waals surface area contributed by atoms with Crippen molar-refractivity contribution in [2.24, 2.45) is 0 Å². The second-order valence-electron chi connectivity index (χ2n) is 4.76. The molecule has 0 atom stereocenters. The summed E-state index contributed by atoms with van der Waals surface area (Å²) in [4.78, 5) is 8.16. The number of nitrogens with zero attached hydrogens (tertiary/aromatic N) is 3. The van der Waals surface area contributed by atoms with Crippen molar-refractivity contribution in [3.63, 3.8) is 0 Å². The molecule has 0 amide bonds. The predicted octanol–water partition coefficient (Wildman–Crippen LogP) is 2.06. The van der Waals surface area contributed by atoms with Crippen molar-refractivity contribution in [2.45, 2.75) is 40.3 Å². The molecule has 0 spiro atoms. The van der Waals surface area contributed by atoms with Gasteiger partial charge in [-0.2, -0.15) is 4.98 Å². The van der Waals surface area contributed by atoms with Crippen molar-refractivity contribution in [3.8, 4) is 5.88 Å². The van der Waals surface area contributed by atoms with Gasteiger partial charge in [-0.1, -0.05) is 5.16 Å². The van der Waals surface area contributed by atoms with Gasteiger partial charge in [-0.15, -0.1) is 0 Å². The van der Waals surface area contributed by atoms with Gasteiger partial charge >= 0.3 is 0 Å². The maximum atomic E-state index is 6.00. The van der Waals surface area contributed by atoms with E-state index in [4.69, 9.17) is 15.0 Å². The van der Waals surface area contributed by atoms with Crippen molar-refractivity contribution >= 4 is 11.5 Å². The number of aromatic nitrogens is 3. The van der Waals surface area contributed by atoms with Crippen LogP contribution in [0.25, 0.3) is 0 Å². The summed E-state index contributed by atoms with van der Waals surface area (Å²) in [5.41, 5.74) is 8.24. The van der Waals surface area contributed by atoms with Gasteiger partial charge in [0.05, 0.1) is 11.8 Å². The van der Waals surface area contributed by atoms with Gasteiger partial charge in [-0.25, -0.2) is 4.98 Å². The maximum absolute atomic E-state index is 6.00. The molecule has 2 heterocycles. The summed E-state index contributed by atoms with van der Waals surface area (Å²) in [6.07, 6.45) is 1.42. The van der Waals surface area contributed by atoms with Crippen molar-refractivity contribution in [1.29, 1.82) is 0 Å². The van der Waals surface area contributed by atoms with E-state index in [0.717, 1.165) is 17.0 Å². The van der Waals surface area contributed by atoms with Crippen LogP contribution in [0.4, 0.5) is 11.5 Å². The SMILES string of the molecule is Cc1noc(C)c1CNc1ncnc(OC(C)C)c1N. The van der Waals surface area contributed by atoms with Crippen LogP contribution in [0.15, 0.2) is 10.9 Å². The average Bonchev–Trinajstić information content (AvgIpc) is 2.70. The maximum Gasteiger partial charge on any atom is 0.242 e. The normalized spacial score (nSPS) is 10.8. The number of hydrogen-bond donors (Lipinski definition) is 2. The smallest absolute Gasteiger partial charge is 0.242 e. The second kappa shape index (κ2) is 5.77. The molecule has 7 heteroatoms. The summed E-state index contributed by atoms with van der Waals surface area (Å²) in [5, 5.41) is 7.06. The molecular formula is C13H19N5O2. The van der Waals surface area contributed by atoms with Crippen LogP contribution in [-0.2, 0) is 6.54 Å².